The first-order valence-corrected chi connectivity index (χ1v) is 12.7. The summed E-state index contributed by atoms with van der Waals surface area (Å²) in [5.41, 5.74) is 0.793. The molecule has 200 valence electrons. The summed E-state index contributed by atoms with van der Waals surface area (Å²) < 4.78 is 5.31. The fourth-order valence-electron chi connectivity index (χ4n) is 4.00. The lowest BCUT2D eigenvalue weighted by Crippen LogP contribution is -2.35. The number of nitrogens with zero attached hydrogens (tertiary/aromatic N) is 3. The lowest BCUT2D eigenvalue weighted by molar-refractivity contribution is -0.129. The Labute approximate surface area is 225 Å². The maximum Gasteiger partial charge on any atom is 0.225 e. The zero-order chi connectivity index (χ0) is 26.9. The molecule has 3 heterocycles. The van der Waals surface area contributed by atoms with Crippen molar-refractivity contribution < 1.29 is 18.8 Å². The van der Waals surface area contributed by atoms with Crippen LogP contribution in [0.15, 0.2) is 53.1 Å². The van der Waals surface area contributed by atoms with Gasteiger partial charge in [0.1, 0.15) is 17.4 Å². The zero-order valence-electron chi connectivity index (χ0n) is 21.0. The van der Waals surface area contributed by atoms with Crippen molar-refractivity contribution in [1.29, 1.82) is 0 Å². The van der Waals surface area contributed by atoms with Crippen LogP contribution in [-0.4, -0.2) is 65.3 Å². The normalized spacial score (nSPS) is 14.8. The molecule has 0 spiro atoms. The van der Waals surface area contributed by atoms with Gasteiger partial charge in [-0.25, -0.2) is 9.97 Å². The van der Waals surface area contributed by atoms with Gasteiger partial charge in [0.25, 0.3) is 0 Å². The Morgan fingerprint density at radius 2 is 1.71 bits per heavy atom. The average molecular weight is 540 g/mol. The largest absolute Gasteiger partial charge is 0.467 e. The number of halogens is 1. The molecule has 3 amide bonds. The van der Waals surface area contributed by atoms with Gasteiger partial charge >= 0.3 is 0 Å². The minimum absolute atomic E-state index is 0.0612. The Bertz CT molecular complexity index is 1250. The Kier molecular flexibility index (Phi) is 9.15. The molecule has 1 saturated heterocycles. The number of hydrogen-bond donors (Lipinski definition) is 4. The van der Waals surface area contributed by atoms with E-state index in [0.717, 1.165) is 5.56 Å². The summed E-state index contributed by atoms with van der Waals surface area (Å²) in [6.45, 7) is 3.91. The third kappa shape index (κ3) is 7.69. The number of anilines is 2. The second-order valence-corrected chi connectivity index (χ2v) is 9.29. The number of rotatable bonds is 12. The van der Waals surface area contributed by atoms with Crippen molar-refractivity contribution in [2.45, 2.75) is 19.9 Å². The van der Waals surface area contributed by atoms with E-state index in [-0.39, 0.29) is 24.1 Å². The summed E-state index contributed by atoms with van der Waals surface area (Å²) in [6, 6.07) is 12.5. The number of carbonyl (C=O) groups excluding carboxylic acids is 3. The van der Waals surface area contributed by atoms with Gasteiger partial charge in [0.2, 0.25) is 17.7 Å². The average Bonchev–Trinajstić information content (AvgIpc) is 3.54. The summed E-state index contributed by atoms with van der Waals surface area (Å²) in [5.74, 6) is 1.63. The van der Waals surface area contributed by atoms with E-state index < -0.39 is 5.92 Å². The van der Waals surface area contributed by atoms with Crippen LogP contribution in [0, 0.1) is 5.92 Å². The van der Waals surface area contributed by atoms with Crippen molar-refractivity contribution in [2.75, 3.05) is 43.4 Å². The molecule has 1 fully saturated rings. The van der Waals surface area contributed by atoms with Gasteiger partial charge in [-0.2, -0.15) is 0 Å². The number of benzene rings is 1. The Morgan fingerprint density at radius 3 is 2.34 bits per heavy atom. The summed E-state index contributed by atoms with van der Waals surface area (Å²) in [5, 5.41) is 12.6. The number of aromatic nitrogens is 2. The highest BCUT2D eigenvalue weighted by Gasteiger charge is 2.34. The molecule has 11 nitrogen and oxygen atoms in total. The van der Waals surface area contributed by atoms with Gasteiger partial charge in [-0.05, 0) is 36.4 Å². The fourth-order valence-corrected chi connectivity index (χ4v) is 4.12. The van der Waals surface area contributed by atoms with Crippen molar-refractivity contribution in [3.8, 4) is 11.4 Å². The number of furan rings is 1. The molecule has 1 aromatic carbocycles. The smallest absolute Gasteiger partial charge is 0.225 e. The van der Waals surface area contributed by atoms with Crippen LogP contribution < -0.4 is 21.3 Å². The first kappa shape index (κ1) is 26.9. The van der Waals surface area contributed by atoms with E-state index in [9.17, 15) is 14.4 Å². The summed E-state index contributed by atoms with van der Waals surface area (Å²) in [6.07, 6.45) is 1.75. The molecule has 1 aliphatic heterocycles. The molecule has 0 radical (unpaired) electrons. The van der Waals surface area contributed by atoms with E-state index in [1.54, 1.807) is 35.4 Å². The lowest BCUT2D eigenvalue weighted by atomic mass is 10.1. The summed E-state index contributed by atoms with van der Waals surface area (Å²) >= 11 is 6.02. The van der Waals surface area contributed by atoms with Gasteiger partial charge in [-0.1, -0.05) is 11.6 Å². The molecule has 1 unspecified atom stereocenters. The highest BCUT2D eigenvalue weighted by Crippen LogP contribution is 2.23. The molecule has 38 heavy (non-hydrogen) atoms. The van der Waals surface area contributed by atoms with Gasteiger partial charge in [-0.15, -0.1) is 0 Å². The van der Waals surface area contributed by atoms with Gasteiger partial charge in [0.05, 0.1) is 18.7 Å². The molecule has 1 aliphatic rings. The molecule has 3 aromatic rings. The van der Waals surface area contributed by atoms with Crippen molar-refractivity contribution in [1.82, 2.24) is 25.5 Å². The van der Waals surface area contributed by atoms with Crippen LogP contribution in [-0.2, 0) is 20.9 Å². The van der Waals surface area contributed by atoms with E-state index in [1.807, 2.05) is 18.2 Å². The second kappa shape index (κ2) is 12.9. The van der Waals surface area contributed by atoms with Crippen molar-refractivity contribution in [2.24, 2.45) is 5.92 Å². The van der Waals surface area contributed by atoms with Crippen LogP contribution >= 0.6 is 11.6 Å². The molecule has 12 heteroatoms. The third-order valence-corrected chi connectivity index (χ3v) is 6.13. The first-order valence-electron chi connectivity index (χ1n) is 12.3. The van der Waals surface area contributed by atoms with Crippen LogP contribution in [0.4, 0.5) is 11.6 Å². The summed E-state index contributed by atoms with van der Waals surface area (Å²) in [4.78, 5) is 46.9. The van der Waals surface area contributed by atoms with E-state index in [0.29, 0.717) is 67.5 Å². The van der Waals surface area contributed by atoms with E-state index in [4.69, 9.17) is 16.0 Å². The highest BCUT2D eigenvalue weighted by atomic mass is 35.5. The SMILES string of the molecule is CC(=O)NCCNc1cc(NCCNC(=O)C2CC(=O)N(Cc3ccco3)C2)nc(-c2ccc(Cl)cc2)n1. The molecule has 0 aliphatic carbocycles. The zero-order valence-corrected chi connectivity index (χ0v) is 21.8. The Balaban J connectivity index is 1.31. The number of carbonyl (C=O) groups is 3. The van der Waals surface area contributed by atoms with Gasteiger partial charge in [0.15, 0.2) is 5.82 Å². The molecule has 4 N–H and O–H groups in total. The van der Waals surface area contributed by atoms with Crippen LogP contribution in [0.2, 0.25) is 5.02 Å². The molecular formula is C26H30ClN7O4. The van der Waals surface area contributed by atoms with Crippen molar-refractivity contribution in [3.05, 3.63) is 59.5 Å². The Hall–Kier alpha value is -4.12. The van der Waals surface area contributed by atoms with Crippen LogP contribution in [0.5, 0.6) is 0 Å². The Morgan fingerprint density at radius 1 is 1.03 bits per heavy atom. The maximum atomic E-state index is 12.6. The van der Waals surface area contributed by atoms with Crippen LogP contribution in [0.3, 0.4) is 0 Å². The van der Waals surface area contributed by atoms with Gasteiger partial charge in [-0.3, -0.25) is 14.4 Å². The van der Waals surface area contributed by atoms with E-state index in [2.05, 4.69) is 31.2 Å². The fraction of sp³-hybridized carbons (Fsp3) is 0.346. The predicted octanol–water partition coefficient (Wildman–Crippen LogP) is 2.51. The molecule has 0 bridgehead atoms. The van der Waals surface area contributed by atoms with E-state index in [1.165, 1.54) is 6.92 Å². The van der Waals surface area contributed by atoms with Crippen LogP contribution in [0.25, 0.3) is 11.4 Å². The molecular weight excluding hydrogens is 510 g/mol. The predicted molar refractivity (Wildman–Crippen MR) is 143 cm³/mol. The number of amides is 3. The topological polar surface area (TPSA) is 141 Å². The monoisotopic (exact) mass is 539 g/mol. The number of hydrogen-bond acceptors (Lipinski definition) is 8. The van der Waals surface area contributed by atoms with Gasteiger partial charge < -0.3 is 30.6 Å². The van der Waals surface area contributed by atoms with Crippen LogP contribution in [0.1, 0.15) is 19.1 Å². The molecule has 4 rings (SSSR count). The van der Waals surface area contributed by atoms with Crippen molar-refractivity contribution in [3.63, 3.8) is 0 Å². The lowest BCUT2D eigenvalue weighted by Gasteiger charge is -2.15. The second-order valence-electron chi connectivity index (χ2n) is 8.85. The molecule has 2 aromatic heterocycles. The standard InChI is InChI=1S/C26H30ClN7O4/c1-17(35)28-8-9-29-22-14-23(33-25(32-22)18-4-6-20(27)7-5-18)30-10-11-31-26(37)19-13-24(36)34(15-19)16-21-3-2-12-38-21/h2-7,12,14,19H,8-11,13,15-16H2,1H3,(H,28,35)(H,31,37)(H2,29,30,32,33). The minimum atomic E-state index is -0.396. The molecule has 0 saturated carbocycles. The first-order chi connectivity index (χ1) is 18.4. The van der Waals surface area contributed by atoms with Crippen molar-refractivity contribution >= 4 is 41.0 Å². The molecule has 1 atom stereocenters. The highest BCUT2D eigenvalue weighted by molar-refractivity contribution is 6.30. The third-order valence-electron chi connectivity index (χ3n) is 5.88. The van der Waals surface area contributed by atoms with Gasteiger partial charge in [0, 0.05) is 62.7 Å². The minimum Gasteiger partial charge on any atom is -0.467 e. The quantitative estimate of drug-likeness (QED) is 0.257. The summed E-state index contributed by atoms with van der Waals surface area (Å²) in [7, 11) is 0. The van der Waals surface area contributed by atoms with E-state index >= 15 is 0 Å². The maximum absolute atomic E-state index is 12.6. The number of likely N-dealkylation sites (tertiary alicyclic amines) is 1. The number of nitrogens with one attached hydrogen (secondary N) is 4.